The summed E-state index contributed by atoms with van der Waals surface area (Å²) in [5.74, 6) is 0.226. The predicted molar refractivity (Wildman–Crippen MR) is 91.6 cm³/mol. The van der Waals surface area contributed by atoms with E-state index in [1.807, 2.05) is 30.3 Å². The molecule has 1 atom stereocenters. The molecule has 1 aliphatic rings. The van der Waals surface area contributed by atoms with Crippen LogP contribution in [0.25, 0.3) is 0 Å². The van der Waals surface area contributed by atoms with Crippen LogP contribution in [0, 0.1) is 12.8 Å². The molecule has 23 heavy (non-hydrogen) atoms. The topological polar surface area (TPSA) is 68.7 Å². The summed E-state index contributed by atoms with van der Waals surface area (Å²) < 4.78 is 0. The fraction of sp³-hybridized carbons (Fsp3) is 0.647. The second-order valence-corrected chi connectivity index (χ2v) is 6.30. The Balaban J connectivity index is 1.84. The van der Waals surface area contributed by atoms with Crippen LogP contribution in [0.2, 0.25) is 0 Å². The van der Waals surface area contributed by atoms with Crippen molar-refractivity contribution in [2.75, 3.05) is 44.2 Å². The van der Waals surface area contributed by atoms with Crippen molar-refractivity contribution in [1.29, 1.82) is 0 Å². The van der Waals surface area contributed by atoms with Crippen LogP contribution < -0.4 is 10.2 Å². The van der Waals surface area contributed by atoms with Crippen molar-refractivity contribution in [1.82, 2.24) is 15.2 Å². The van der Waals surface area contributed by atoms with Crippen LogP contribution in [-0.2, 0) is 0 Å². The Bertz CT molecular complexity index is 509. The quantitative estimate of drug-likeness (QED) is 0.865. The lowest BCUT2D eigenvalue weighted by Crippen LogP contribution is -2.42. The third-order valence-electron chi connectivity index (χ3n) is 4.34. The number of aryl methyl sites for hydroxylation is 1. The molecule has 0 unspecified atom stereocenters. The molecular formula is C17H28N4O2. The highest BCUT2D eigenvalue weighted by Gasteiger charge is 2.19. The summed E-state index contributed by atoms with van der Waals surface area (Å²) in [7, 11) is 0. The molecular weight excluding hydrogens is 292 g/mol. The molecule has 1 fully saturated rings. The number of aliphatic hydroxyl groups excluding tert-OH is 1. The summed E-state index contributed by atoms with van der Waals surface area (Å²) in [6.45, 7) is 8.13. The molecule has 0 aliphatic carbocycles. The summed E-state index contributed by atoms with van der Waals surface area (Å²) in [4.78, 5) is 20.6. The Labute approximate surface area is 138 Å². The van der Waals surface area contributed by atoms with Crippen LogP contribution >= 0.6 is 0 Å². The smallest absolute Gasteiger partial charge is 0.317 e. The number of nitrogens with zero attached hydrogens (tertiary/aromatic N) is 3. The highest BCUT2D eigenvalue weighted by Crippen LogP contribution is 2.19. The zero-order valence-corrected chi connectivity index (χ0v) is 14.2. The van der Waals surface area contributed by atoms with Gasteiger partial charge in [0.1, 0.15) is 0 Å². The molecule has 0 saturated carbocycles. The minimum absolute atomic E-state index is 0.00319. The normalized spacial score (nSPS) is 16.8. The molecule has 128 valence electrons. The Morgan fingerprint density at radius 1 is 1.39 bits per heavy atom. The summed E-state index contributed by atoms with van der Waals surface area (Å²) in [5, 5.41) is 12.0. The van der Waals surface area contributed by atoms with Crippen molar-refractivity contribution in [2.24, 2.45) is 5.92 Å². The summed E-state index contributed by atoms with van der Waals surface area (Å²) in [6.07, 6.45) is 5.47. The number of hydrogen-bond acceptors (Lipinski definition) is 4. The average Bonchev–Trinajstić information content (AvgIpc) is 2.81. The third kappa shape index (κ3) is 5.10. The number of aromatic nitrogens is 1. The summed E-state index contributed by atoms with van der Waals surface area (Å²) >= 11 is 0. The number of rotatable bonds is 5. The van der Waals surface area contributed by atoms with E-state index in [0.717, 1.165) is 39.0 Å². The zero-order valence-electron chi connectivity index (χ0n) is 14.2. The number of carbonyl (C=O) groups excluding carboxylic acids is 1. The van der Waals surface area contributed by atoms with Gasteiger partial charge in [-0.3, -0.25) is 4.98 Å². The van der Waals surface area contributed by atoms with Gasteiger partial charge in [0.25, 0.3) is 0 Å². The van der Waals surface area contributed by atoms with Crippen molar-refractivity contribution >= 4 is 11.7 Å². The first-order chi connectivity index (χ1) is 11.1. The van der Waals surface area contributed by atoms with Crippen LogP contribution in [0.1, 0.15) is 25.3 Å². The predicted octanol–water partition coefficient (Wildman–Crippen LogP) is 1.63. The van der Waals surface area contributed by atoms with E-state index in [9.17, 15) is 4.79 Å². The fourth-order valence-electron chi connectivity index (χ4n) is 2.81. The second kappa shape index (κ2) is 8.72. The molecule has 6 heteroatoms. The van der Waals surface area contributed by atoms with Crippen LogP contribution in [0.3, 0.4) is 0 Å². The molecule has 1 saturated heterocycles. The van der Waals surface area contributed by atoms with Gasteiger partial charge in [0.05, 0.1) is 0 Å². The Morgan fingerprint density at radius 2 is 2.22 bits per heavy atom. The SMILES string of the molecule is Cc1cnccc1N1CCCN(C(=O)NCC[C@@H](C)CO)CC1. The number of aliphatic hydroxyl groups is 1. The summed E-state index contributed by atoms with van der Waals surface area (Å²) in [6, 6.07) is 2.05. The number of urea groups is 1. The number of nitrogens with one attached hydrogen (secondary N) is 1. The maximum Gasteiger partial charge on any atom is 0.317 e. The molecule has 2 N–H and O–H groups in total. The Morgan fingerprint density at radius 3 is 2.96 bits per heavy atom. The molecule has 2 heterocycles. The van der Waals surface area contributed by atoms with Gasteiger partial charge in [0, 0.05) is 57.4 Å². The lowest BCUT2D eigenvalue weighted by molar-refractivity contribution is 0.197. The van der Waals surface area contributed by atoms with Crippen molar-refractivity contribution in [3.63, 3.8) is 0 Å². The molecule has 1 aromatic heterocycles. The van der Waals surface area contributed by atoms with Gasteiger partial charge in [-0.15, -0.1) is 0 Å². The van der Waals surface area contributed by atoms with Gasteiger partial charge in [0.2, 0.25) is 0 Å². The van der Waals surface area contributed by atoms with Gasteiger partial charge in [-0.1, -0.05) is 6.92 Å². The number of hydrogen-bond donors (Lipinski definition) is 2. The van der Waals surface area contributed by atoms with Crippen LogP contribution in [0.15, 0.2) is 18.5 Å². The number of carbonyl (C=O) groups is 1. The van der Waals surface area contributed by atoms with Crippen molar-refractivity contribution in [3.05, 3.63) is 24.0 Å². The molecule has 2 amide bonds. The number of anilines is 1. The number of pyridine rings is 1. The first kappa shape index (κ1) is 17.5. The van der Waals surface area contributed by atoms with Crippen molar-refractivity contribution < 1.29 is 9.90 Å². The van der Waals surface area contributed by atoms with Crippen molar-refractivity contribution in [2.45, 2.75) is 26.7 Å². The highest BCUT2D eigenvalue weighted by molar-refractivity contribution is 5.74. The van der Waals surface area contributed by atoms with E-state index in [2.05, 4.69) is 22.1 Å². The molecule has 6 nitrogen and oxygen atoms in total. The summed E-state index contributed by atoms with van der Waals surface area (Å²) in [5.41, 5.74) is 2.38. The largest absolute Gasteiger partial charge is 0.396 e. The fourth-order valence-corrected chi connectivity index (χ4v) is 2.81. The molecule has 0 bridgehead atoms. The first-order valence-electron chi connectivity index (χ1n) is 8.41. The molecule has 1 aliphatic heterocycles. The van der Waals surface area contributed by atoms with Gasteiger partial charge in [0.15, 0.2) is 0 Å². The number of amides is 2. The van der Waals surface area contributed by atoms with Gasteiger partial charge >= 0.3 is 6.03 Å². The minimum atomic E-state index is 0.00319. The second-order valence-electron chi connectivity index (χ2n) is 6.30. The van der Waals surface area contributed by atoms with E-state index in [0.29, 0.717) is 6.54 Å². The molecule has 0 radical (unpaired) electrons. The van der Waals surface area contributed by atoms with Gasteiger partial charge in [-0.05, 0) is 37.3 Å². The lowest BCUT2D eigenvalue weighted by atomic mass is 10.1. The van der Waals surface area contributed by atoms with Crippen molar-refractivity contribution in [3.8, 4) is 0 Å². The molecule has 1 aromatic rings. The third-order valence-corrected chi connectivity index (χ3v) is 4.34. The molecule has 2 rings (SSSR count). The van der Waals surface area contributed by atoms with E-state index in [1.54, 1.807) is 0 Å². The lowest BCUT2D eigenvalue weighted by Gasteiger charge is -2.25. The van der Waals surface area contributed by atoms with Crippen LogP contribution in [0.4, 0.5) is 10.5 Å². The standard InChI is InChI=1S/C17H28N4O2/c1-14(13-22)4-7-19-17(23)21-9-3-8-20(10-11-21)16-5-6-18-12-15(16)2/h5-6,12,14,22H,3-4,7-11,13H2,1-2H3,(H,19,23)/t14-/m1/s1. The van der Waals surface area contributed by atoms with Crippen LogP contribution in [0.5, 0.6) is 0 Å². The Kier molecular flexibility index (Phi) is 6.65. The van der Waals surface area contributed by atoms with Gasteiger partial charge < -0.3 is 20.2 Å². The average molecular weight is 320 g/mol. The monoisotopic (exact) mass is 320 g/mol. The van der Waals surface area contributed by atoms with E-state index in [4.69, 9.17) is 5.11 Å². The van der Waals surface area contributed by atoms with Gasteiger partial charge in [-0.2, -0.15) is 0 Å². The Hall–Kier alpha value is -1.82. The van der Waals surface area contributed by atoms with Gasteiger partial charge in [-0.25, -0.2) is 4.79 Å². The molecule has 0 spiro atoms. The van der Waals surface area contributed by atoms with E-state index in [-0.39, 0.29) is 18.6 Å². The van der Waals surface area contributed by atoms with E-state index >= 15 is 0 Å². The minimum Gasteiger partial charge on any atom is -0.396 e. The van der Waals surface area contributed by atoms with E-state index < -0.39 is 0 Å². The maximum atomic E-state index is 12.3. The zero-order chi connectivity index (χ0) is 16.7. The molecule has 0 aromatic carbocycles. The van der Waals surface area contributed by atoms with Crippen LogP contribution in [-0.4, -0.2) is 60.4 Å². The first-order valence-corrected chi connectivity index (χ1v) is 8.41. The van der Waals surface area contributed by atoms with E-state index in [1.165, 1.54) is 11.3 Å². The highest BCUT2D eigenvalue weighted by atomic mass is 16.3. The maximum absolute atomic E-state index is 12.3.